The number of hydrogen-bond acceptors (Lipinski definition) is 4. The molecule has 2 heterocycles. The number of aryl methyl sites for hydroxylation is 2. The van der Waals surface area contributed by atoms with Crippen LogP contribution in [0.2, 0.25) is 0 Å². The molecular weight excluding hydrogens is 298 g/mol. The second-order valence-corrected chi connectivity index (χ2v) is 6.61. The summed E-state index contributed by atoms with van der Waals surface area (Å²) in [7, 11) is 0. The number of hydrogen-bond donors (Lipinski definition) is 1. The molecule has 0 unspecified atom stereocenters. The molecule has 1 aliphatic heterocycles. The highest BCUT2D eigenvalue weighted by Crippen LogP contribution is 2.34. The lowest BCUT2D eigenvalue weighted by Gasteiger charge is -2.14. The second-order valence-electron chi connectivity index (χ2n) is 5.35. The summed E-state index contributed by atoms with van der Waals surface area (Å²) in [6.45, 7) is 6.39. The van der Waals surface area contributed by atoms with E-state index in [-0.39, 0.29) is 18.7 Å². The molecule has 0 radical (unpaired) electrons. The monoisotopic (exact) mass is 317 g/mol. The highest BCUT2D eigenvalue weighted by atomic mass is 32.1. The molecule has 1 aromatic heterocycles. The molecule has 0 aliphatic carbocycles. The van der Waals surface area contributed by atoms with Crippen molar-refractivity contribution in [3.8, 4) is 11.5 Å². The van der Waals surface area contributed by atoms with Gasteiger partial charge < -0.3 is 14.8 Å². The van der Waals surface area contributed by atoms with E-state index in [9.17, 15) is 4.79 Å². The Balaban J connectivity index is 1.73. The van der Waals surface area contributed by atoms with E-state index in [1.54, 1.807) is 11.3 Å². The SMILES string of the molecule is CCc1cc(C(=O)N[C@H](C)c2ccc3c(c2)OCO3)sc1C. The van der Waals surface area contributed by atoms with Gasteiger partial charge in [-0.1, -0.05) is 13.0 Å². The molecule has 3 rings (SSSR count). The van der Waals surface area contributed by atoms with Crippen molar-refractivity contribution >= 4 is 17.2 Å². The summed E-state index contributed by atoms with van der Waals surface area (Å²) in [5.74, 6) is 1.46. The van der Waals surface area contributed by atoms with Crippen LogP contribution in [-0.4, -0.2) is 12.7 Å². The zero-order valence-corrected chi connectivity index (χ0v) is 13.8. The zero-order valence-electron chi connectivity index (χ0n) is 12.9. The van der Waals surface area contributed by atoms with Crippen LogP contribution < -0.4 is 14.8 Å². The van der Waals surface area contributed by atoms with Gasteiger partial charge in [0.2, 0.25) is 6.79 Å². The van der Waals surface area contributed by atoms with Gasteiger partial charge in [0.25, 0.3) is 5.91 Å². The molecule has 1 atom stereocenters. The second kappa shape index (κ2) is 6.01. The van der Waals surface area contributed by atoms with E-state index in [0.717, 1.165) is 28.4 Å². The molecule has 0 bridgehead atoms. The fourth-order valence-electron chi connectivity index (χ4n) is 2.52. The summed E-state index contributed by atoms with van der Waals surface area (Å²) in [6, 6.07) is 7.65. The Morgan fingerprint density at radius 1 is 1.32 bits per heavy atom. The van der Waals surface area contributed by atoms with Crippen LogP contribution in [0.1, 0.15) is 45.6 Å². The number of ether oxygens (including phenoxy) is 2. The zero-order chi connectivity index (χ0) is 15.7. The van der Waals surface area contributed by atoms with Crippen LogP contribution in [0.4, 0.5) is 0 Å². The predicted molar refractivity (Wildman–Crippen MR) is 86.9 cm³/mol. The summed E-state index contributed by atoms with van der Waals surface area (Å²) >= 11 is 1.55. The van der Waals surface area contributed by atoms with Gasteiger partial charge in [0.1, 0.15) is 0 Å². The summed E-state index contributed by atoms with van der Waals surface area (Å²) < 4.78 is 10.7. The van der Waals surface area contributed by atoms with Gasteiger partial charge in [-0.2, -0.15) is 0 Å². The fourth-order valence-corrected chi connectivity index (χ4v) is 3.53. The molecule has 0 spiro atoms. The van der Waals surface area contributed by atoms with Gasteiger partial charge in [-0.3, -0.25) is 4.79 Å². The number of rotatable bonds is 4. The smallest absolute Gasteiger partial charge is 0.261 e. The predicted octanol–water partition coefficient (Wildman–Crippen LogP) is 3.84. The van der Waals surface area contributed by atoms with E-state index in [1.165, 1.54) is 10.4 Å². The van der Waals surface area contributed by atoms with Crippen LogP contribution in [0.3, 0.4) is 0 Å². The summed E-state index contributed by atoms with van der Waals surface area (Å²) in [5, 5.41) is 3.04. The standard InChI is InChI=1S/C17H19NO3S/c1-4-12-8-16(22-11(12)3)17(19)18-10(2)13-5-6-14-15(7-13)21-9-20-14/h5-8,10H,4,9H2,1-3H3,(H,18,19)/t10-/m1/s1. The molecule has 1 amide bonds. The average Bonchev–Trinajstić information content (AvgIpc) is 3.12. The third kappa shape index (κ3) is 2.81. The topological polar surface area (TPSA) is 47.6 Å². The minimum Gasteiger partial charge on any atom is -0.454 e. The van der Waals surface area contributed by atoms with Crippen LogP contribution in [0.5, 0.6) is 11.5 Å². The average molecular weight is 317 g/mol. The molecule has 1 aromatic carbocycles. The summed E-state index contributed by atoms with van der Waals surface area (Å²) in [5.41, 5.74) is 2.24. The molecule has 116 valence electrons. The largest absolute Gasteiger partial charge is 0.454 e. The highest BCUT2D eigenvalue weighted by Gasteiger charge is 2.18. The van der Waals surface area contributed by atoms with Gasteiger partial charge in [-0.15, -0.1) is 11.3 Å². The van der Waals surface area contributed by atoms with Crippen molar-refractivity contribution in [1.82, 2.24) is 5.32 Å². The number of amides is 1. The molecule has 0 fully saturated rings. The van der Waals surface area contributed by atoms with E-state index in [1.807, 2.05) is 31.2 Å². The Labute approximate surface area is 134 Å². The molecule has 2 aromatic rings. The van der Waals surface area contributed by atoms with Crippen molar-refractivity contribution in [3.63, 3.8) is 0 Å². The highest BCUT2D eigenvalue weighted by molar-refractivity contribution is 7.14. The van der Waals surface area contributed by atoms with Crippen molar-refractivity contribution in [2.75, 3.05) is 6.79 Å². The number of carbonyl (C=O) groups excluding carboxylic acids is 1. The van der Waals surface area contributed by atoms with E-state index in [2.05, 4.69) is 19.2 Å². The third-order valence-corrected chi connectivity index (χ3v) is 4.96. The quantitative estimate of drug-likeness (QED) is 0.932. The van der Waals surface area contributed by atoms with Gasteiger partial charge in [-0.25, -0.2) is 0 Å². The molecule has 4 nitrogen and oxygen atoms in total. The van der Waals surface area contributed by atoms with Gasteiger partial charge in [0.15, 0.2) is 11.5 Å². The van der Waals surface area contributed by atoms with Gasteiger partial charge in [-0.05, 0) is 49.6 Å². The first-order valence-electron chi connectivity index (χ1n) is 7.38. The molecule has 1 N–H and O–H groups in total. The van der Waals surface area contributed by atoms with Crippen LogP contribution in [-0.2, 0) is 6.42 Å². The number of thiophene rings is 1. The van der Waals surface area contributed by atoms with E-state index in [4.69, 9.17) is 9.47 Å². The third-order valence-electron chi connectivity index (χ3n) is 3.87. The van der Waals surface area contributed by atoms with Crippen LogP contribution in [0.25, 0.3) is 0 Å². The number of benzene rings is 1. The van der Waals surface area contributed by atoms with Crippen molar-refractivity contribution in [2.45, 2.75) is 33.2 Å². The Hall–Kier alpha value is -2.01. The van der Waals surface area contributed by atoms with E-state index in [0.29, 0.717) is 0 Å². The summed E-state index contributed by atoms with van der Waals surface area (Å²) in [6.07, 6.45) is 0.952. The first kappa shape index (κ1) is 14.9. The van der Waals surface area contributed by atoms with Crippen LogP contribution in [0.15, 0.2) is 24.3 Å². The van der Waals surface area contributed by atoms with Gasteiger partial charge >= 0.3 is 0 Å². The van der Waals surface area contributed by atoms with E-state index < -0.39 is 0 Å². The fraction of sp³-hybridized carbons (Fsp3) is 0.353. The molecule has 22 heavy (non-hydrogen) atoms. The van der Waals surface area contributed by atoms with Crippen molar-refractivity contribution in [3.05, 3.63) is 45.1 Å². The molecule has 0 saturated heterocycles. The Morgan fingerprint density at radius 2 is 2.09 bits per heavy atom. The van der Waals surface area contributed by atoms with Crippen LogP contribution in [0, 0.1) is 6.92 Å². The van der Waals surface area contributed by atoms with Gasteiger partial charge in [0, 0.05) is 4.88 Å². The lowest BCUT2D eigenvalue weighted by atomic mass is 10.1. The van der Waals surface area contributed by atoms with E-state index >= 15 is 0 Å². The lowest BCUT2D eigenvalue weighted by Crippen LogP contribution is -2.25. The van der Waals surface area contributed by atoms with Crippen LogP contribution >= 0.6 is 11.3 Å². The minimum absolute atomic E-state index is 0.0297. The maximum absolute atomic E-state index is 12.4. The molecular formula is C17H19NO3S. The molecule has 1 aliphatic rings. The molecule has 0 saturated carbocycles. The van der Waals surface area contributed by atoms with Crippen molar-refractivity contribution in [2.24, 2.45) is 0 Å². The Morgan fingerprint density at radius 3 is 2.82 bits per heavy atom. The number of nitrogens with one attached hydrogen (secondary N) is 1. The Bertz CT molecular complexity index is 708. The minimum atomic E-state index is -0.0884. The first-order valence-corrected chi connectivity index (χ1v) is 8.20. The van der Waals surface area contributed by atoms with Crippen molar-refractivity contribution < 1.29 is 14.3 Å². The number of carbonyl (C=O) groups is 1. The Kier molecular flexibility index (Phi) is 4.07. The summed E-state index contributed by atoms with van der Waals surface area (Å²) in [4.78, 5) is 14.4. The van der Waals surface area contributed by atoms with Crippen molar-refractivity contribution in [1.29, 1.82) is 0 Å². The number of fused-ring (bicyclic) bond motifs is 1. The normalized spacial score (nSPS) is 14.0. The maximum Gasteiger partial charge on any atom is 0.261 e. The first-order chi connectivity index (χ1) is 10.6. The lowest BCUT2D eigenvalue weighted by molar-refractivity contribution is 0.0944. The van der Waals surface area contributed by atoms with Gasteiger partial charge in [0.05, 0.1) is 10.9 Å². The maximum atomic E-state index is 12.4. The molecule has 5 heteroatoms.